The molecule has 0 fully saturated rings. The number of benzene rings is 1. The van der Waals surface area contributed by atoms with Gasteiger partial charge in [0.05, 0.1) is 5.56 Å². The van der Waals surface area contributed by atoms with E-state index < -0.39 is 5.97 Å². The van der Waals surface area contributed by atoms with E-state index in [1.807, 2.05) is 0 Å². The lowest BCUT2D eigenvalue weighted by atomic mass is 9.90. The van der Waals surface area contributed by atoms with Gasteiger partial charge in [0.1, 0.15) is 0 Å². The molecule has 6 heteroatoms. The number of anilines is 1. The number of hydrogen-bond donors (Lipinski definition) is 3. The molecule has 6 nitrogen and oxygen atoms in total. The van der Waals surface area contributed by atoms with Gasteiger partial charge in [0, 0.05) is 24.7 Å². The molecular formula is C15H20N2O4. The summed E-state index contributed by atoms with van der Waals surface area (Å²) in [5.41, 5.74) is 2.13. The van der Waals surface area contributed by atoms with E-state index in [4.69, 9.17) is 0 Å². The zero-order valence-electron chi connectivity index (χ0n) is 12.9. The van der Waals surface area contributed by atoms with Crippen LogP contribution < -0.4 is 10.6 Å². The SMILES string of the molecule is CCC(=O)Nc1c(C)c(C(=O)O)c(C)c(C(=O)NC)c1C. The molecule has 0 aliphatic heterocycles. The Kier molecular flexibility index (Phi) is 5.07. The molecule has 0 heterocycles. The molecule has 114 valence electrons. The molecule has 0 bridgehead atoms. The van der Waals surface area contributed by atoms with Crippen LogP contribution >= 0.6 is 0 Å². The molecule has 0 aliphatic carbocycles. The van der Waals surface area contributed by atoms with Crippen LogP contribution in [0.5, 0.6) is 0 Å². The van der Waals surface area contributed by atoms with Crippen molar-refractivity contribution in [3.05, 3.63) is 27.8 Å². The van der Waals surface area contributed by atoms with Crippen molar-refractivity contribution < 1.29 is 19.5 Å². The second kappa shape index (κ2) is 6.39. The lowest BCUT2D eigenvalue weighted by molar-refractivity contribution is -0.115. The Balaban J connectivity index is 3.71. The summed E-state index contributed by atoms with van der Waals surface area (Å²) in [5, 5.41) is 14.6. The van der Waals surface area contributed by atoms with E-state index in [0.29, 0.717) is 22.4 Å². The molecule has 2 amide bonds. The fourth-order valence-electron chi connectivity index (χ4n) is 2.42. The molecular weight excluding hydrogens is 272 g/mol. The summed E-state index contributed by atoms with van der Waals surface area (Å²) in [7, 11) is 1.48. The van der Waals surface area contributed by atoms with Gasteiger partial charge in [-0.05, 0) is 37.5 Å². The van der Waals surface area contributed by atoms with E-state index in [9.17, 15) is 19.5 Å². The van der Waals surface area contributed by atoms with E-state index in [0.717, 1.165) is 0 Å². The molecule has 1 aromatic rings. The van der Waals surface area contributed by atoms with Gasteiger partial charge < -0.3 is 15.7 Å². The highest BCUT2D eigenvalue weighted by atomic mass is 16.4. The van der Waals surface area contributed by atoms with Gasteiger partial charge in [0.2, 0.25) is 5.91 Å². The number of carbonyl (C=O) groups is 3. The molecule has 0 unspecified atom stereocenters. The molecule has 1 rings (SSSR count). The molecule has 0 aromatic heterocycles. The summed E-state index contributed by atoms with van der Waals surface area (Å²) in [5.74, 6) is -1.73. The summed E-state index contributed by atoms with van der Waals surface area (Å²) in [6, 6.07) is 0. The number of hydrogen-bond acceptors (Lipinski definition) is 3. The van der Waals surface area contributed by atoms with Crippen LogP contribution in [0.2, 0.25) is 0 Å². The second-order valence-corrected chi connectivity index (χ2v) is 4.79. The Morgan fingerprint density at radius 1 is 1.00 bits per heavy atom. The van der Waals surface area contributed by atoms with Crippen LogP contribution in [0.15, 0.2) is 0 Å². The molecule has 0 spiro atoms. The fourth-order valence-corrected chi connectivity index (χ4v) is 2.42. The van der Waals surface area contributed by atoms with Crippen LogP contribution in [-0.2, 0) is 4.79 Å². The summed E-state index contributed by atoms with van der Waals surface area (Å²) >= 11 is 0. The molecule has 3 N–H and O–H groups in total. The quantitative estimate of drug-likeness (QED) is 0.791. The average molecular weight is 292 g/mol. The summed E-state index contributed by atoms with van der Waals surface area (Å²) in [4.78, 5) is 35.2. The molecule has 0 saturated carbocycles. The topological polar surface area (TPSA) is 95.5 Å². The molecule has 1 aromatic carbocycles. The van der Waals surface area contributed by atoms with Crippen molar-refractivity contribution in [2.75, 3.05) is 12.4 Å². The predicted molar refractivity (Wildman–Crippen MR) is 79.9 cm³/mol. The van der Waals surface area contributed by atoms with Crippen molar-refractivity contribution in [3.8, 4) is 0 Å². The van der Waals surface area contributed by atoms with E-state index in [-0.39, 0.29) is 29.4 Å². The molecule has 0 atom stereocenters. The number of amides is 2. The van der Waals surface area contributed by atoms with Crippen LogP contribution in [-0.4, -0.2) is 29.9 Å². The third-order valence-corrected chi connectivity index (χ3v) is 3.50. The standard InChI is InChI=1S/C15H20N2O4/c1-6-10(18)17-13-8(3)11(14(19)16-5)7(2)12(9(13)4)15(20)21/h6H2,1-5H3,(H,16,19)(H,17,18)(H,20,21). The number of rotatable bonds is 4. The summed E-state index contributed by atoms with van der Waals surface area (Å²) < 4.78 is 0. The van der Waals surface area contributed by atoms with Crippen molar-refractivity contribution in [2.24, 2.45) is 0 Å². The van der Waals surface area contributed by atoms with Crippen molar-refractivity contribution in [1.29, 1.82) is 0 Å². The van der Waals surface area contributed by atoms with E-state index >= 15 is 0 Å². The highest BCUT2D eigenvalue weighted by molar-refractivity contribution is 6.06. The molecule has 0 saturated heterocycles. The summed E-state index contributed by atoms with van der Waals surface area (Å²) in [6.07, 6.45) is 0.268. The maximum absolute atomic E-state index is 12.0. The van der Waals surface area contributed by atoms with Crippen molar-refractivity contribution in [3.63, 3.8) is 0 Å². The number of carbonyl (C=O) groups excluding carboxylic acids is 2. The first-order valence-corrected chi connectivity index (χ1v) is 6.65. The monoisotopic (exact) mass is 292 g/mol. The van der Waals surface area contributed by atoms with Crippen molar-refractivity contribution in [2.45, 2.75) is 34.1 Å². The van der Waals surface area contributed by atoms with Gasteiger partial charge in [0.15, 0.2) is 0 Å². The average Bonchev–Trinajstić information content (AvgIpc) is 2.42. The first-order valence-electron chi connectivity index (χ1n) is 6.65. The van der Waals surface area contributed by atoms with Crippen molar-refractivity contribution >= 4 is 23.5 Å². The highest BCUT2D eigenvalue weighted by Gasteiger charge is 2.24. The Morgan fingerprint density at radius 3 is 1.95 bits per heavy atom. The molecule has 0 aliphatic rings. The van der Waals surface area contributed by atoms with Gasteiger partial charge in [-0.1, -0.05) is 6.92 Å². The van der Waals surface area contributed by atoms with E-state index in [1.165, 1.54) is 7.05 Å². The number of carboxylic acids is 1. The maximum atomic E-state index is 12.0. The third kappa shape index (κ3) is 3.04. The Bertz CT molecular complexity index is 621. The fraction of sp³-hybridized carbons (Fsp3) is 0.400. The Labute approximate surface area is 123 Å². The van der Waals surface area contributed by atoms with Gasteiger partial charge in [0.25, 0.3) is 5.91 Å². The molecule has 21 heavy (non-hydrogen) atoms. The van der Waals surface area contributed by atoms with Crippen LogP contribution in [0.25, 0.3) is 0 Å². The lowest BCUT2D eigenvalue weighted by Crippen LogP contribution is -2.24. The van der Waals surface area contributed by atoms with Gasteiger partial charge in [-0.3, -0.25) is 9.59 Å². The van der Waals surface area contributed by atoms with Gasteiger partial charge in [-0.15, -0.1) is 0 Å². The van der Waals surface area contributed by atoms with Crippen LogP contribution in [0.1, 0.15) is 50.8 Å². The minimum absolute atomic E-state index is 0.0469. The molecule has 0 radical (unpaired) electrons. The number of carboxylic acid groups (broad SMARTS) is 1. The zero-order valence-corrected chi connectivity index (χ0v) is 12.9. The number of nitrogens with one attached hydrogen (secondary N) is 2. The van der Waals surface area contributed by atoms with Gasteiger partial charge >= 0.3 is 5.97 Å². The minimum Gasteiger partial charge on any atom is -0.478 e. The largest absolute Gasteiger partial charge is 0.478 e. The number of aromatic carboxylic acids is 1. The van der Waals surface area contributed by atoms with Crippen LogP contribution in [0.3, 0.4) is 0 Å². The van der Waals surface area contributed by atoms with E-state index in [2.05, 4.69) is 10.6 Å². The normalized spacial score (nSPS) is 10.1. The van der Waals surface area contributed by atoms with Crippen LogP contribution in [0, 0.1) is 20.8 Å². The predicted octanol–water partition coefficient (Wildman–Crippen LogP) is 2.02. The Morgan fingerprint density at radius 2 is 1.52 bits per heavy atom. The maximum Gasteiger partial charge on any atom is 0.336 e. The van der Waals surface area contributed by atoms with Crippen molar-refractivity contribution in [1.82, 2.24) is 5.32 Å². The lowest BCUT2D eigenvalue weighted by Gasteiger charge is -2.20. The third-order valence-electron chi connectivity index (χ3n) is 3.50. The minimum atomic E-state index is -1.12. The van der Waals surface area contributed by atoms with Crippen LogP contribution in [0.4, 0.5) is 5.69 Å². The zero-order chi connectivity index (χ0) is 16.3. The van der Waals surface area contributed by atoms with Gasteiger partial charge in [-0.25, -0.2) is 4.79 Å². The smallest absolute Gasteiger partial charge is 0.336 e. The highest BCUT2D eigenvalue weighted by Crippen LogP contribution is 2.31. The second-order valence-electron chi connectivity index (χ2n) is 4.79. The van der Waals surface area contributed by atoms with E-state index in [1.54, 1.807) is 27.7 Å². The first-order chi connectivity index (χ1) is 9.76. The summed E-state index contributed by atoms with van der Waals surface area (Å²) in [6.45, 7) is 6.62. The Hall–Kier alpha value is -2.37. The first kappa shape index (κ1) is 16.7. The van der Waals surface area contributed by atoms with Gasteiger partial charge in [-0.2, -0.15) is 0 Å².